The van der Waals surface area contributed by atoms with Gasteiger partial charge in [-0.15, -0.1) is 0 Å². The number of para-hydroxylation sites is 1. The number of rotatable bonds is 6. The number of ether oxygens (including phenoxy) is 2. The lowest BCUT2D eigenvalue weighted by molar-refractivity contribution is -0.145. The monoisotopic (exact) mass is 435 g/mol. The molecule has 0 spiro atoms. The topological polar surface area (TPSA) is 118 Å². The normalized spacial score (nSPS) is 11.1. The Morgan fingerprint density at radius 3 is 2.69 bits per heavy atom. The molecule has 0 amide bonds. The van der Waals surface area contributed by atoms with Gasteiger partial charge in [-0.2, -0.15) is 5.10 Å². The van der Waals surface area contributed by atoms with Crippen molar-refractivity contribution in [2.75, 3.05) is 6.61 Å². The zero-order valence-corrected chi connectivity index (χ0v) is 17.9. The fourth-order valence-electron chi connectivity index (χ4n) is 3.53. The predicted molar refractivity (Wildman–Crippen MR) is 115 cm³/mol. The second-order valence-electron chi connectivity index (χ2n) is 7.14. The van der Waals surface area contributed by atoms with Gasteiger partial charge in [-0.05, 0) is 25.5 Å². The van der Waals surface area contributed by atoms with E-state index in [1.54, 1.807) is 20.9 Å². The van der Waals surface area contributed by atoms with E-state index in [-0.39, 0.29) is 25.3 Å². The molecule has 164 valence electrons. The van der Waals surface area contributed by atoms with Crippen molar-refractivity contribution < 1.29 is 19.1 Å². The molecule has 0 saturated carbocycles. The highest BCUT2D eigenvalue weighted by atomic mass is 16.5. The van der Waals surface area contributed by atoms with Crippen LogP contribution in [0.2, 0.25) is 0 Å². The van der Waals surface area contributed by atoms with Crippen LogP contribution in [-0.2, 0) is 34.5 Å². The van der Waals surface area contributed by atoms with Crippen LogP contribution in [0.15, 0.2) is 41.6 Å². The molecule has 3 aromatic heterocycles. The van der Waals surface area contributed by atoms with Gasteiger partial charge in [0.05, 0.1) is 29.6 Å². The largest absolute Gasteiger partial charge is 0.462 e. The van der Waals surface area contributed by atoms with E-state index in [1.807, 2.05) is 24.3 Å². The SMILES string of the molecule is CCOC(=O)c1c(COC(=O)Cn2cnc3c(cnn3C)c2=O)nc2ccccc2c1C. The number of hydrogen-bond acceptors (Lipinski definition) is 8. The van der Waals surface area contributed by atoms with E-state index >= 15 is 0 Å². The van der Waals surface area contributed by atoms with Gasteiger partial charge < -0.3 is 9.47 Å². The first-order chi connectivity index (χ1) is 15.4. The molecule has 0 unspecified atom stereocenters. The number of fused-ring (bicyclic) bond motifs is 2. The molecule has 0 atom stereocenters. The van der Waals surface area contributed by atoms with Crippen molar-refractivity contribution >= 4 is 33.9 Å². The Hall–Kier alpha value is -4.08. The molecule has 4 aromatic rings. The summed E-state index contributed by atoms with van der Waals surface area (Å²) in [7, 11) is 1.67. The first kappa shape index (κ1) is 21.2. The highest BCUT2D eigenvalue weighted by Gasteiger charge is 2.21. The Morgan fingerprint density at radius 2 is 1.91 bits per heavy atom. The van der Waals surface area contributed by atoms with Gasteiger partial charge in [-0.1, -0.05) is 18.2 Å². The van der Waals surface area contributed by atoms with Gasteiger partial charge in [-0.25, -0.2) is 14.8 Å². The molecule has 0 aliphatic heterocycles. The standard InChI is InChI=1S/C22H21N5O5/c1-4-31-22(30)19-13(2)14-7-5-6-8-16(14)25-17(19)11-32-18(28)10-27-12-23-20-15(21(27)29)9-24-26(20)3/h5-9,12H,4,10-11H2,1-3H3. The number of carbonyl (C=O) groups excluding carboxylic acids is 2. The van der Waals surface area contributed by atoms with Gasteiger partial charge in [0.1, 0.15) is 24.9 Å². The Labute approximate surface area is 182 Å². The maximum atomic E-state index is 12.6. The quantitative estimate of drug-likeness (QED) is 0.422. The van der Waals surface area contributed by atoms with E-state index in [9.17, 15) is 14.4 Å². The van der Waals surface area contributed by atoms with Crippen molar-refractivity contribution in [3.63, 3.8) is 0 Å². The first-order valence-electron chi connectivity index (χ1n) is 9.98. The molecule has 10 nitrogen and oxygen atoms in total. The fraction of sp³-hybridized carbons (Fsp3) is 0.273. The van der Waals surface area contributed by atoms with E-state index in [0.717, 1.165) is 9.95 Å². The van der Waals surface area contributed by atoms with Gasteiger partial charge in [0.15, 0.2) is 5.65 Å². The average Bonchev–Trinajstić information content (AvgIpc) is 3.16. The molecule has 0 aliphatic rings. The Kier molecular flexibility index (Phi) is 5.67. The van der Waals surface area contributed by atoms with Crippen LogP contribution in [0.4, 0.5) is 0 Å². The van der Waals surface area contributed by atoms with E-state index in [0.29, 0.717) is 27.8 Å². The fourth-order valence-corrected chi connectivity index (χ4v) is 3.53. The summed E-state index contributed by atoms with van der Waals surface area (Å²) in [6.45, 7) is 3.15. The molecule has 1 aromatic carbocycles. The summed E-state index contributed by atoms with van der Waals surface area (Å²) in [5.74, 6) is -1.20. The van der Waals surface area contributed by atoms with Gasteiger partial charge in [0, 0.05) is 12.4 Å². The minimum Gasteiger partial charge on any atom is -0.462 e. The van der Waals surface area contributed by atoms with Gasteiger partial charge in [0.25, 0.3) is 5.56 Å². The maximum Gasteiger partial charge on any atom is 0.340 e. The average molecular weight is 435 g/mol. The molecule has 0 fully saturated rings. The summed E-state index contributed by atoms with van der Waals surface area (Å²) in [5.41, 5.74) is 1.96. The van der Waals surface area contributed by atoms with Gasteiger partial charge >= 0.3 is 11.9 Å². The second-order valence-corrected chi connectivity index (χ2v) is 7.14. The molecule has 0 aliphatic carbocycles. The number of nitrogens with zero attached hydrogens (tertiary/aromatic N) is 5. The second kappa shape index (κ2) is 8.58. The van der Waals surface area contributed by atoms with Gasteiger partial charge in [0.2, 0.25) is 0 Å². The summed E-state index contributed by atoms with van der Waals surface area (Å²) >= 11 is 0. The molecular formula is C22H21N5O5. The first-order valence-corrected chi connectivity index (χ1v) is 9.98. The Morgan fingerprint density at radius 1 is 1.12 bits per heavy atom. The summed E-state index contributed by atoms with van der Waals surface area (Å²) in [6.07, 6.45) is 2.68. The molecule has 4 rings (SSSR count). The molecular weight excluding hydrogens is 414 g/mol. The van der Waals surface area contributed by atoms with Crippen molar-refractivity contribution in [3.05, 3.63) is 64.0 Å². The highest BCUT2D eigenvalue weighted by Crippen LogP contribution is 2.24. The maximum absolute atomic E-state index is 12.6. The van der Waals surface area contributed by atoms with Crippen LogP contribution < -0.4 is 5.56 Å². The van der Waals surface area contributed by atoms with E-state index in [1.165, 1.54) is 17.2 Å². The van der Waals surface area contributed by atoms with Crippen molar-refractivity contribution in [1.82, 2.24) is 24.3 Å². The number of hydrogen-bond donors (Lipinski definition) is 0. The minimum atomic E-state index is -0.667. The van der Waals surface area contributed by atoms with E-state index < -0.39 is 17.5 Å². The van der Waals surface area contributed by atoms with Crippen LogP contribution in [0.5, 0.6) is 0 Å². The lowest BCUT2D eigenvalue weighted by Gasteiger charge is -2.14. The van der Waals surface area contributed by atoms with Crippen LogP contribution in [-0.4, -0.2) is 42.9 Å². The molecule has 0 N–H and O–H groups in total. The van der Waals surface area contributed by atoms with Crippen LogP contribution >= 0.6 is 0 Å². The minimum absolute atomic E-state index is 0.205. The van der Waals surface area contributed by atoms with Crippen molar-refractivity contribution in [2.45, 2.75) is 27.0 Å². The summed E-state index contributed by atoms with van der Waals surface area (Å²) < 4.78 is 13.2. The number of aryl methyl sites for hydroxylation is 2. The number of aromatic nitrogens is 5. The van der Waals surface area contributed by atoms with Crippen LogP contribution in [0.25, 0.3) is 21.9 Å². The highest BCUT2D eigenvalue weighted by molar-refractivity contribution is 5.98. The van der Waals surface area contributed by atoms with Crippen LogP contribution in [0.3, 0.4) is 0 Å². The lowest BCUT2D eigenvalue weighted by atomic mass is 10.0. The molecule has 32 heavy (non-hydrogen) atoms. The Balaban J connectivity index is 1.59. The smallest absolute Gasteiger partial charge is 0.340 e. The zero-order valence-electron chi connectivity index (χ0n) is 17.9. The number of esters is 2. The van der Waals surface area contributed by atoms with Gasteiger partial charge in [-0.3, -0.25) is 18.8 Å². The van der Waals surface area contributed by atoms with Crippen LogP contribution in [0.1, 0.15) is 28.5 Å². The molecule has 0 radical (unpaired) electrons. The third-order valence-electron chi connectivity index (χ3n) is 5.09. The van der Waals surface area contributed by atoms with Crippen molar-refractivity contribution in [3.8, 4) is 0 Å². The lowest BCUT2D eigenvalue weighted by Crippen LogP contribution is -2.26. The van der Waals surface area contributed by atoms with E-state index in [4.69, 9.17) is 9.47 Å². The zero-order chi connectivity index (χ0) is 22.8. The summed E-state index contributed by atoms with van der Waals surface area (Å²) in [6, 6.07) is 7.38. The van der Waals surface area contributed by atoms with Crippen molar-refractivity contribution in [2.24, 2.45) is 7.05 Å². The molecule has 10 heteroatoms. The van der Waals surface area contributed by atoms with Crippen molar-refractivity contribution in [1.29, 1.82) is 0 Å². The third-order valence-corrected chi connectivity index (χ3v) is 5.09. The molecule has 0 bridgehead atoms. The summed E-state index contributed by atoms with van der Waals surface area (Å²) in [4.78, 5) is 46.2. The van der Waals surface area contributed by atoms with E-state index in [2.05, 4.69) is 15.1 Å². The Bertz CT molecular complexity index is 1410. The third kappa shape index (κ3) is 3.82. The molecule has 3 heterocycles. The molecule has 0 saturated heterocycles. The predicted octanol–water partition coefficient (Wildman–Crippen LogP) is 1.91. The number of pyridine rings is 1. The summed E-state index contributed by atoms with van der Waals surface area (Å²) in [5, 5.41) is 5.12. The van der Waals surface area contributed by atoms with Crippen LogP contribution in [0, 0.1) is 6.92 Å². The number of benzene rings is 1. The number of carbonyl (C=O) groups is 2.